The summed E-state index contributed by atoms with van der Waals surface area (Å²) in [6.07, 6.45) is 4.04. The summed E-state index contributed by atoms with van der Waals surface area (Å²) < 4.78 is 13.5. The summed E-state index contributed by atoms with van der Waals surface area (Å²) >= 11 is 0. The molecule has 4 heteroatoms. The van der Waals surface area contributed by atoms with E-state index in [1.54, 1.807) is 12.1 Å². The van der Waals surface area contributed by atoms with E-state index in [0.29, 0.717) is 18.5 Å². The second-order valence-corrected chi connectivity index (χ2v) is 5.52. The number of rotatable bonds is 5. The molecular formula is C16H23FN2O. The maximum Gasteiger partial charge on any atom is 0.236 e. The quantitative estimate of drug-likeness (QED) is 0.896. The largest absolute Gasteiger partial charge is 0.342 e. The van der Waals surface area contributed by atoms with Crippen molar-refractivity contribution in [2.45, 2.75) is 38.6 Å². The lowest BCUT2D eigenvalue weighted by Gasteiger charge is -2.27. The van der Waals surface area contributed by atoms with Gasteiger partial charge in [-0.25, -0.2) is 4.39 Å². The van der Waals surface area contributed by atoms with Gasteiger partial charge in [0.05, 0.1) is 6.54 Å². The van der Waals surface area contributed by atoms with Crippen LogP contribution >= 0.6 is 0 Å². The molecule has 0 aliphatic carbocycles. The number of hydrogen-bond acceptors (Lipinski definition) is 2. The lowest BCUT2D eigenvalue weighted by molar-refractivity contribution is -0.131. The Kier molecular flexibility index (Phi) is 5.53. The first kappa shape index (κ1) is 15.0. The number of carbonyl (C=O) groups excluding carboxylic acids is 1. The second kappa shape index (κ2) is 7.39. The predicted octanol–water partition coefficient (Wildman–Crippen LogP) is 2.36. The van der Waals surface area contributed by atoms with Crippen LogP contribution in [0.25, 0.3) is 0 Å². The molecule has 1 aromatic carbocycles. The van der Waals surface area contributed by atoms with Crippen LogP contribution in [0.3, 0.4) is 0 Å². The van der Waals surface area contributed by atoms with E-state index in [4.69, 9.17) is 0 Å². The van der Waals surface area contributed by atoms with E-state index in [-0.39, 0.29) is 17.8 Å². The molecule has 2 rings (SSSR count). The van der Waals surface area contributed by atoms with E-state index in [1.165, 1.54) is 12.5 Å². The topological polar surface area (TPSA) is 32.3 Å². The molecule has 0 saturated carbocycles. The van der Waals surface area contributed by atoms with Crippen molar-refractivity contribution in [3.63, 3.8) is 0 Å². The zero-order chi connectivity index (χ0) is 14.4. The predicted molar refractivity (Wildman–Crippen MR) is 78.0 cm³/mol. The summed E-state index contributed by atoms with van der Waals surface area (Å²) in [4.78, 5) is 13.9. The van der Waals surface area contributed by atoms with Crippen LogP contribution in [0.1, 0.15) is 31.7 Å². The van der Waals surface area contributed by atoms with E-state index in [9.17, 15) is 9.18 Å². The third kappa shape index (κ3) is 4.30. The molecule has 1 aromatic rings. The smallest absolute Gasteiger partial charge is 0.236 e. The minimum atomic E-state index is -0.177. The van der Waals surface area contributed by atoms with Crippen LogP contribution in [0.2, 0.25) is 0 Å². The van der Waals surface area contributed by atoms with Crippen molar-refractivity contribution >= 4 is 5.91 Å². The van der Waals surface area contributed by atoms with Gasteiger partial charge in [0.1, 0.15) is 5.82 Å². The van der Waals surface area contributed by atoms with Gasteiger partial charge >= 0.3 is 0 Å². The second-order valence-electron chi connectivity index (χ2n) is 5.52. The number of hydrogen-bond donors (Lipinski definition) is 1. The number of nitrogens with one attached hydrogen (secondary N) is 1. The molecule has 3 nitrogen and oxygen atoms in total. The lowest BCUT2D eigenvalue weighted by Crippen LogP contribution is -2.43. The van der Waals surface area contributed by atoms with Crippen molar-refractivity contribution in [3.8, 4) is 0 Å². The maximum absolute atomic E-state index is 13.5. The number of likely N-dealkylation sites (tertiary alicyclic amines) is 1. The molecule has 1 saturated heterocycles. The third-order valence-corrected chi connectivity index (χ3v) is 3.79. The van der Waals surface area contributed by atoms with Gasteiger partial charge in [-0.2, -0.15) is 0 Å². The van der Waals surface area contributed by atoms with E-state index in [1.807, 2.05) is 17.9 Å². The monoisotopic (exact) mass is 278 g/mol. The first-order valence-corrected chi connectivity index (χ1v) is 7.41. The number of nitrogens with zero attached hydrogens (tertiary/aromatic N) is 1. The molecule has 20 heavy (non-hydrogen) atoms. The highest BCUT2D eigenvalue weighted by Gasteiger charge is 2.17. The molecule has 0 spiro atoms. The Morgan fingerprint density at radius 3 is 2.70 bits per heavy atom. The fourth-order valence-electron chi connectivity index (χ4n) is 2.58. The fraction of sp³-hybridized carbons (Fsp3) is 0.562. The van der Waals surface area contributed by atoms with Crippen molar-refractivity contribution in [3.05, 3.63) is 35.6 Å². The average molecular weight is 278 g/mol. The van der Waals surface area contributed by atoms with Gasteiger partial charge in [-0.1, -0.05) is 18.2 Å². The standard InChI is InChI=1S/C16H23FN2O/c1-13(11-14-7-3-4-8-15(14)17)18-12-16(20)19-9-5-2-6-10-19/h3-4,7-8,13,18H,2,5-6,9-12H2,1H3. The Bertz CT molecular complexity index is 444. The minimum Gasteiger partial charge on any atom is -0.342 e. The molecule has 1 atom stereocenters. The fourth-order valence-corrected chi connectivity index (χ4v) is 2.58. The van der Waals surface area contributed by atoms with Gasteiger partial charge in [0.2, 0.25) is 5.91 Å². The highest BCUT2D eigenvalue weighted by atomic mass is 19.1. The molecule has 1 heterocycles. The van der Waals surface area contributed by atoms with Gasteiger partial charge in [-0.15, -0.1) is 0 Å². The van der Waals surface area contributed by atoms with E-state index in [2.05, 4.69) is 5.32 Å². The van der Waals surface area contributed by atoms with Gasteiger partial charge in [-0.3, -0.25) is 4.79 Å². The Morgan fingerprint density at radius 1 is 1.30 bits per heavy atom. The van der Waals surface area contributed by atoms with Crippen molar-refractivity contribution in [2.24, 2.45) is 0 Å². The van der Waals surface area contributed by atoms with Crippen LogP contribution in [0, 0.1) is 5.82 Å². The summed E-state index contributed by atoms with van der Waals surface area (Å²) in [7, 11) is 0. The van der Waals surface area contributed by atoms with E-state index < -0.39 is 0 Å². The summed E-state index contributed by atoms with van der Waals surface area (Å²) in [5.41, 5.74) is 0.693. The lowest BCUT2D eigenvalue weighted by atomic mass is 10.1. The Balaban J connectivity index is 1.76. The number of halogens is 1. The molecule has 1 N–H and O–H groups in total. The summed E-state index contributed by atoms with van der Waals surface area (Å²) in [5.74, 6) is -0.0198. The first-order chi connectivity index (χ1) is 9.66. The molecule has 110 valence electrons. The average Bonchev–Trinajstić information content (AvgIpc) is 2.48. The Morgan fingerprint density at radius 2 is 2.00 bits per heavy atom. The number of piperidine rings is 1. The van der Waals surface area contributed by atoms with Crippen LogP contribution in [0.5, 0.6) is 0 Å². The van der Waals surface area contributed by atoms with Gasteiger partial charge < -0.3 is 10.2 Å². The van der Waals surface area contributed by atoms with E-state index >= 15 is 0 Å². The maximum atomic E-state index is 13.5. The van der Waals surface area contributed by atoms with Crippen LogP contribution in [-0.4, -0.2) is 36.5 Å². The SMILES string of the molecule is CC(Cc1ccccc1F)NCC(=O)N1CCCCC1. The number of benzene rings is 1. The number of amides is 1. The Labute approximate surface area is 120 Å². The molecule has 0 aromatic heterocycles. The van der Waals surface area contributed by atoms with Gasteiger partial charge in [-0.05, 0) is 44.2 Å². The molecule has 1 unspecified atom stereocenters. The van der Waals surface area contributed by atoms with Gasteiger partial charge in [0, 0.05) is 19.1 Å². The van der Waals surface area contributed by atoms with Crippen molar-refractivity contribution < 1.29 is 9.18 Å². The molecule has 1 aliphatic heterocycles. The van der Waals surface area contributed by atoms with Crippen LogP contribution in [-0.2, 0) is 11.2 Å². The van der Waals surface area contributed by atoms with Gasteiger partial charge in [0.25, 0.3) is 0 Å². The summed E-state index contributed by atoms with van der Waals surface area (Å²) in [6.45, 7) is 4.08. The summed E-state index contributed by atoms with van der Waals surface area (Å²) in [6, 6.07) is 6.88. The number of carbonyl (C=O) groups is 1. The van der Waals surface area contributed by atoms with Crippen LogP contribution < -0.4 is 5.32 Å². The van der Waals surface area contributed by atoms with Crippen molar-refractivity contribution in [2.75, 3.05) is 19.6 Å². The molecular weight excluding hydrogens is 255 g/mol. The van der Waals surface area contributed by atoms with Gasteiger partial charge in [0.15, 0.2) is 0 Å². The van der Waals surface area contributed by atoms with E-state index in [0.717, 1.165) is 25.9 Å². The minimum absolute atomic E-state index is 0.0839. The van der Waals surface area contributed by atoms with Crippen LogP contribution in [0.15, 0.2) is 24.3 Å². The molecule has 1 fully saturated rings. The Hall–Kier alpha value is -1.42. The molecule has 0 bridgehead atoms. The molecule has 0 radical (unpaired) electrons. The third-order valence-electron chi connectivity index (χ3n) is 3.79. The molecule has 1 amide bonds. The first-order valence-electron chi connectivity index (χ1n) is 7.41. The van der Waals surface area contributed by atoms with Crippen molar-refractivity contribution in [1.82, 2.24) is 10.2 Å². The van der Waals surface area contributed by atoms with Crippen molar-refractivity contribution in [1.29, 1.82) is 0 Å². The summed E-state index contributed by atoms with van der Waals surface area (Å²) in [5, 5.41) is 3.20. The van der Waals surface area contributed by atoms with Crippen LogP contribution in [0.4, 0.5) is 4.39 Å². The molecule has 1 aliphatic rings. The zero-order valence-corrected chi connectivity index (χ0v) is 12.1. The normalized spacial score (nSPS) is 17.0. The highest BCUT2D eigenvalue weighted by molar-refractivity contribution is 5.78. The highest BCUT2D eigenvalue weighted by Crippen LogP contribution is 2.10. The zero-order valence-electron chi connectivity index (χ0n) is 12.1.